The molecule has 0 spiro atoms. The maximum atomic E-state index is 13.7. The number of hydrogen-bond donors (Lipinski definition) is 3. The molecule has 1 aromatic heterocycles. The van der Waals surface area contributed by atoms with Gasteiger partial charge in [0.2, 0.25) is 11.1 Å². The number of aromatic nitrogens is 3. The van der Waals surface area contributed by atoms with E-state index in [1.54, 1.807) is 18.2 Å². The first-order chi connectivity index (χ1) is 11.2. The van der Waals surface area contributed by atoms with Gasteiger partial charge in [0.1, 0.15) is 5.82 Å². The number of imide groups is 1. The van der Waals surface area contributed by atoms with E-state index in [0.717, 1.165) is 11.8 Å². The minimum Gasteiger partial charge on any atom is -0.333 e. The molecule has 0 radical (unpaired) electrons. The van der Waals surface area contributed by atoms with Crippen molar-refractivity contribution in [3.63, 3.8) is 0 Å². The van der Waals surface area contributed by atoms with E-state index in [-0.39, 0.29) is 11.6 Å². The van der Waals surface area contributed by atoms with Crippen LogP contribution in [-0.2, 0) is 4.79 Å². The Kier molecular flexibility index (Phi) is 5.55. The van der Waals surface area contributed by atoms with E-state index in [2.05, 4.69) is 25.8 Å². The van der Waals surface area contributed by atoms with E-state index in [0.29, 0.717) is 10.7 Å². The number of urea groups is 1. The first-order valence-corrected chi connectivity index (χ1v) is 8.15. The molecule has 0 aliphatic rings. The normalized spacial score (nSPS) is 11.2. The van der Waals surface area contributed by atoms with Crippen LogP contribution < -0.4 is 10.6 Å². The SMILES string of the molecule is CC(C)(C)NC(=O)NC(=O)CSc1n[nH]c(-c2ccccc2F)n1. The van der Waals surface area contributed by atoms with Gasteiger partial charge in [-0.15, -0.1) is 5.10 Å². The second-order valence-corrected chi connectivity index (χ2v) is 6.93. The lowest BCUT2D eigenvalue weighted by atomic mass is 10.1. The fourth-order valence-electron chi connectivity index (χ4n) is 1.75. The average Bonchev–Trinajstić information content (AvgIpc) is 2.92. The van der Waals surface area contributed by atoms with Gasteiger partial charge >= 0.3 is 6.03 Å². The Bertz CT molecular complexity index is 741. The molecule has 1 heterocycles. The van der Waals surface area contributed by atoms with Crippen LogP contribution in [-0.4, -0.2) is 38.4 Å². The highest BCUT2D eigenvalue weighted by atomic mass is 32.2. The van der Waals surface area contributed by atoms with Crippen molar-refractivity contribution in [3.8, 4) is 11.4 Å². The molecule has 128 valence electrons. The number of aromatic amines is 1. The van der Waals surface area contributed by atoms with E-state index in [9.17, 15) is 14.0 Å². The monoisotopic (exact) mass is 351 g/mol. The lowest BCUT2D eigenvalue weighted by Crippen LogP contribution is -2.48. The van der Waals surface area contributed by atoms with Crippen LogP contribution >= 0.6 is 11.8 Å². The Morgan fingerprint density at radius 2 is 2.00 bits per heavy atom. The standard InChI is InChI=1S/C15H18FN5O2S/c1-15(2,3)19-13(23)17-11(22)8-24-14-18-12(20-21-14)9-6-4-5-7-10(9)16/h4-7H,8H2,1-3H3,(H,18,20,21)(H2,17,19,22,23). The first kappa shape index (κ1) is 17.9. The van der Waals surface area contributed by atoms with Gasteiger partial charge in [0, 0.05) is 5.54 Å². The molecule has 0 atom stereocenters. The summed E-state index contributed by atoms with van der Waals surface area (Å²) < 4.78 is 13.7. The summed E-state index contributed by atoms with van der Waals surface area (Å²) in [6.07, 6.45) is 0. The number of hydrogen-bond acceptors (Lipinski definition) is 5. The third kappa shape index (κ3) is 5.34. The molecule has 1 aromatic carbocycles. The van der Waals surface area contributed by atoms with Crippen LogP contribution in [0.15, 0.2) is 29.4 Å². The second kappa shape index (κ2) is 7.43. The van der Waals surface area contributed by atoms with Crippen molar-refractivity contribution in [2.75, 3.05) is 5.75 Å². The summed E-state index contributed by atoms with van der Waals surface area (Å²) in [6.45, 7) is 5.43. The van der Waals surface area contributed by atoms with Gasteiger partial charge in [-0.05, 0) is 32.9 Å². The Labute approximate surface area is 142 Å². The second-order valence-electron chi connectivity index (χ2n) is 5.99. The van der Waals surface area contributed by atoms with Gasteiger partial charge in [0.15, 0.2) is 5.82 Å². The Balaban J connectivity index is 1.88. The molecule has 0 unspecified atom stereocenters. The molecule has 9 heteroatoms. The third-order valence-corrected chi connectivity index (χ3v) is 3.52. The molecule has 0 saturated heterocycles. The zero-order valence-electron chi connectivity index (χ0n) is 13.5. The molecule has 2 aromatic rings. The van der Waals surface area contributed by atoms with Crippen LogP contribution in [0.4, 0.5) is 9.18 Å². The zero-order valence-corrected chi connectivity index (χ0v) is 14.3. The lowest BCUT2D eigenvalue weighted by molar-refractivity contribution is -0.117. The summed E-state index contributed by atoms with van der Waals surface area (Å²) in [5, 5.41) is 11.7. The molecular formula is C15H18FN5O2S. The van der Waals surface area contributed by atoms with Crippen molar-refractivity contribution in [2.24, 2.45) is 0 Å². The topological polar surface area (TPSA) is 99.8 Å². The molecule has 0 aliphatic heterocycles. The number of thioether (sulfide) groups is 1. The Morgan fingerprint density at radius 1 is 1.29 bits per heavy atom. The highest BCUT2D eigenvalue weighted by Crippen LogP contribution is 2.21. The van der Waals surface area contributed by atoms with Crippen LogP contribution in [0.3, 0.4) is 0 Å². The number of halogens is 1. The van der Waals surface area contributed by atoms with Crippen molar-refractivity contribution in [3.05, 3.63) is 30.1 Å². The first-order valence-electron chi connectivity index (χ1n) is 7.17. The van der Waals surface area contributed by atoms with E-state index in [1.165, 1.54) is 6.07 Å². The highest BCUT2D eigenvalue weighted by molar-refractivity contribution is 7.99. The lowest BCUT2D eigenvalue weighted by Gasteiger charge is -2.20. The third-order valence-electron chi connectivity index (χ3n) is 2.67. The molecule has 3 N–H and O–H groups in total. The van der Waals surface area contributed by atoms with Gasteiger partial charge in [0.25, 0.3) is 0 Å². The van der Waals surface area contributed by atoms with Gasteiger partial charge < -0.3 is 5.32 Å². The summed E-state index contributed by atoms with van der Waals surface area (Å²) in [5.74, 6) is -0.645. The quantitative estimate of drug-likeness (QED) is 0.734. The number of carbonyl (C=O) groups is 2. The van der Waals surface area contributed by atoms with E-state index < -0.39 is 23.3 Å². The summed E-state index contributed by atoms with van der Waals surface area (Å²) >= 11 is 1.04. The summed E-state index contributed by atoms with van der Waals surface area (Å²) in [6, 6.07) is 5.61. The van der Waals surface area contributed by atoms with Crippen molar-refractivity contribution >= 4 is 23.7 Å². The number of amides is 3. The van der Waals surface area contributed by atoms with Crippen molar-refractivity contribution in [1.29, 1.82) is 0 Å². The molecule has 0 bridgehead atoms. The highest BCUT2D eigenvalue weighted by Gasteiger charge is 2.16. The molecule has 0 fully saturated rings. The largest absolute Gasteiger partial charge is 0.333 e. The van der Waals surface area contributed by atoms with Crippen molar-refractivity contribution in [1.82, 2.24) is 25.8 Å². The fraction of sp³-hybridized carbons (Fsp3) is 0.333. The number of H-pyrrole nitrogens is 1. The molecule has 7 nitrogen and oxygen atoms in total. The van der Waals surface area contributed by atoms with Crippen molar-refractivity contribution in [2.45, 2.75) is 31.5 Å². The number of nitrogens with zero attached hydrogens (tertiary/aromatic N) is 2. The number of nitrogens with one attached hydrogen (secondary N) is 3. The van der Waals surface area contributed by atoms with Crippen molar-refractivity contribution < 1.29 is 14.0 Å². The molecule has 0 saturated carbocycles. The van der Waals surface area contributed by atoms with Gasteiger partial charge in [-0.1, -0.05) is 23.9 Å². The molecule has 3 amide bonds. The minimum absolute atomic E-state index is 0.0356. The number of benzene rings is 1. The minimum atomic E-state index is -0.560. The van der Waals surface area contributed by atoms with E-state index in [1.807, 2.05) is 20.8 Å². The van der Waals surface area contributed by atoms with E-state index >= 15 is 0 Å². The molecular weight excluding hydrogens is 333 g/mol. The predicted molar refractivity (Wildman–Crippen MR) is 88.9 cm³/mol. The molecule has 24 heavy (non-hydrogen) atoms. The maximum Gasteiger partial charge on any atom is 0.321 e. The zero-order chi connectivity index (χ0) is 17.7. The Hall–Kier alpha value is -2.42. The van der Waals surface area contributed by atoms with E-state index in [4.69, 9.17) is 0 Å². The molecule has 0 aliphatic carbocycles. The average molecular weight is 351 g/mol. The smallest absolute Gasteiger partial charge is 0.321 e. The number of rotatable bonds is 4. The van der Waals surface area contributed by atoms with Gasteiger partial charge in [-0.3, -0.25) is 15.2 Å². The fourth-order valence-corrected chi connectivity index (χ4v) is 2.35. The maximum absolute atomic E-state index is 13.7. The van der Waals surface area contributed by atoms with Crippen LogP contribution in [0.25, 0.3) is 11.4 Å². The van der Waals surface area contributed by atoms with Crippen LogP contribution in [0.5, 0.6) is 0 Å². The summed E-state index contributed by atoms with van der Waals surface area (Å²) in [7, 11) is 0. The van der Waals surface area contributed by atoms with Gasteiger partial charge in [0.05, 0.1) is 11.3 Å². The summed E-state index contributed by atoms with van der Waals surface area (Å²) in [4.78, 5) is 27.4. The van der Waals surface area contributed by atoms with Crippen LogP contribution in [0.2, 0.25) is 0 Å². The van der Waals surface area contributed by atoms with Gasteiger partial charge in [-0.2, -0.15) is 0 Å². The predicted octanol–water partition coefficient (Wildman–Crippen LogP) is 2.33. The van der Waals surface area contributed by atoms with Crippen LogP contribution in [0.1, 0.15) is 20.8 Å². The molecule has 2 rings (SSSR count). The van der Waals surface area contributed by atoms with Crippen LogP contribution in [0, 0.1) is 5.82 Å². The Morgan fingerprint density at radius 3 is 2.67 bits per heavy atom. The number of carbonyl (C=O) groups excluding carboxylic acids is 2. The van der Waals surface area contributed by atoms with Gasteiger partial charge in [-0.25, -0.2) is 14.2 Å². The summed E-state index contributed by atoms with van der Waals surface area (Å²) in [5.41, 5.74) is -0.138.